The van der Waals surface area contributed by atoms with Crippen molar-refractivity contribution in [1.29, 1.82) is 0 Å². The molecule has 0 radical (unpaired) electrons. The number of furan rings is 1. The summed E-state index contributed by atoms with van der Waals surface area (Å²) in [6.07, 6.45) is 1.40. The number of benzene rings is 2. The van der Waals surface area contributed by atoms with Crippen LogP contribution in [0.1, 0.15) is 36.2 Å². The Kier molecular flexibility index (Phi) is 2.77. The maximum absolute atomic E-state index is 10.9. The lowest BCUT2D eigenvalue weighted by atomic mass is 9.95. The molecule has 1 fully saturated rings. The van der Waals surface area contributed by atoms with Gasteiger partial charge in [-0.2, -0.15) is 0 Å². The zero-order valence-electron chi connectivity index (χ0n) is 14.6. The van der Waals surface area contributed by atoms with Gasteiger partial charge in [0.05, 0.1) is 36.1 Å². The van der Waals surface area contributed by atoms with Gasteiger partial charge in [-0.05, 0) is 25.0 Å². The van der Waals surface area contributed by atoms with Gasteiger partial charge in [0.25, 0.3) is 0 Å². The lowest BCUT2D eigenvalue weighted by Gasteiger charge is -2.14. The minimum atomic E-state index is -0.155. The summed E-state index contributed by atoms with van der Waals surface area (Å²) in [4.78, 5) is 0. The van der Waals surface area contributed by atoms with E-state index in [0.717, 1.165) is 29.2 Å². The van der Waals surface area contributed by atoms with Gasteiger partial charge in [-0.1, -0.05) is 18.2 Å². The smallest absolute Gasteiger partial charge is 0.205 e. The van der Waals surface area contributed by atoms with Gasteiger partial charge in [0.15, 0.2) is 0 Å². The van der Waals surface area contributed by atoms with Crippen LogP contribution in [0.15, 0.2) is 40.8 Å². The fraction of sp³-hybridized carbons (Fsp3) is 0.238. The van der Waals surface area contributed by atoms with Crippen molar-refractivity contribution in [3.05, 3.63) is 47.5 Å². The van der Waals surface area contributed by atoms with Crippen LogP contribution in [-0.4, -0.2) is 21.9 Å². The van der Waals surface area contributed by atoms with Crippen LogP contribution in [0.5, 0.6) is 17.5 Å². The number of fused-ring (bicyclic) bond motifs is 8. The maximum Gasteiger partial charge on any atom is 0.205 e. The van der Waals surface area contributed by atoms with Gasteiger partial charge in [-0.25, -0.2) is 4.57 Å². The van der Waals surface area contributed by atoms with Gasteiger partial charge in [-0.15, -0.1) is 0 Å². The summed E-state index contributed by atoms with van der Waals surface area (Å²) in [7, 11) is 1.57. The molecule has 0 aliphatic carbocycles. The fourth-order valence-electron chi connectivity index (χ4n) is 4.59. The van der Waals surface area contributed by atoms with Gasteiger partial charge in [0.1, 0.15) is 16.9 Å². The van der Waals surface area contributed by atoms with Crippen molar-refractivity contribution in [2.75, 3.05) is 7.11 Å². The third-order valence-electron chi connectivity index (χ3n) is 5.78. The summed E-state index contributed by atoms with van der Waals surface area (Å²) in [5, 5.41) is 23.7. The highest BCUT2D eigenvalue weighted by Gasteiger charge is 2.45. The summed E-state index contributed by atoms with van der Waals surface area (Å²) < 4.78 is 18.8. The van der Waals surface area contributed by atoms with Crippen molar-refractivity contribution in [3.8, 4) is 23.2 Å². The van der Waals surface area contributed by atoms with Crippen LogP contribution in [0.25, 0.3) is 27.6 Å². The van der Waals surface area contributed by atoms with E-state index in [2.05, 4.69) is 0 Å². The first-order valence-corrected chi connectivity index (χ1v) is 8.99. The van der Waals surface area contributed by atoms with Crippen molar-refractivity contribution >= 4 is 21.9 Å². The molecule has 2 N–H and O–H groups in total. The number of nitrogens with zero attached hydrogens (tertiary/aromatic N) is 1. The molecule has 2 aliphatic heterocycles. The molecule has 4 aromatic rings. The first-order chi connectivity index (χ1) is 13.2. The maximum atomic E-state index is 10.9. The van der Waals surface area contributed by atoms with E-state index in [1.807, 2.05) is 30.3 Å². The third kappa shape index (κ3) is 1.78. The Hall–Kier alpha value is -3.12. The highest BCUT2D eigenvalue weighted by molar-refractivity contribution is 6.06. The number of methoxy groups -OCH3 is 1. The molecule has 136 valence electrons. The van der Waals surface area contributed by atoms with Crippen LogP contribution in [-0.2, 0) is 4.74 Å². The van der Waals surface area contributed by atoms with Crippen molar-refractivity contribution < 1.29 is 24.1 Å². The van der Waals surface area contributed by atoms with Gasteiger partial charge in [0, 0.05) is 16.8 Å². The van der Waals surface area contributed by atoms with Gasteiger partial charge < -0.3 is 24.1 Å². The van der Waals surface area contributed by atoms with E-state index >= 15 is 0 Å². The number of ether oxygens (including phenoxy) is 2. The van der Waals surface area contributed by atoms with Crippen LogP contribution in [0, 0.1) is 0 Å². The zero-order chi connectivity index (χ0) is 18.3. The normalized spacial score (nSPS) is 20.6. The first-order valence-electron chi connectivity index (χ1n) is 8.99. The summed E-state index contributed by atoms with van der Waals surface area (Å²) >= 11 is 0. The summed E-state index contributed by atoms with van der Waals surface area (Å²) in [6.45, 7) is 0. The fourth-order valence-corrected chi connectivity index (χ4v) is 4.59. The van der Waals surface area contributed by atoms with Crippen molar-refractivity contribution in [3.63, 3.8) is 0 Å². The second kappa shape index (κ2) is 4.98. The summed E-state index contributed by atoms with van der Waals surface area (Å²) in [6, 6.07) is 11.5. The van der Waals surface area contributed by atoms with Crippen molar-refractivity contribution in [2.24, 2.45) is 0 Å². The molecule has 6 heteroatoms. The van der Waals surface area contributed by atoms with Gasteiger partial charge in [-0.3, -0.25) is 0 Å². The minimum Gasteiger partial charge on any atom is -0.495 e. The molecule has 0 saturated carbocycles. The molecule has 2 aromatic heterocycles. The van der Waals surface area contributed by atoms with Crippen molar-refractivity contribution in [2.45, 2.75) is 25.0 Å². The van der Waals surface area contributed by atoms with E-state index in [9.17, 15) is 10.2 Å². The molecular formula is C21H17NO5. The molecule has 0 spiro atoms. The van der Waals surface area contributed by atoms with E-state index in [1.165, 1.54) is 4.57 Å². The van der Waals surface area contributed by atoms with Gasteiger partial charge in [0.2, 0.25) is 11.8 Å². The number of hydrogen-bond donors (Lipinski definition) is 2. The highest BCUT2D eigenvalue weighted by Crippen LogP contribution is 2.59. The molecular weight excluding hydrogens is 346 g/mol. The van der Waals surface area contributed by atoms with Crippen LogP contribution in [0.2, 0.25) is 0 Å². The van der Waals surface area contributed by atoms with E-state index in [0.29, 0.717) is 28.1 Å². The first kappa shape index (κ1) is 15.0. The number of aromatic nitrogens is 1. The molecule has 2 bridgehead atoms. The Balaban J connectivity index is 1.65. The van der Waals surface area contributed by atoms with E-state index in [1.54, 1.807) is 13.2 Å². The number of rotatable bonds is 2. The molecule has 1 saturated heterocycles. The Morgan fingerprint density at radius 2 is 1.67 bits per heavy atom. The number of aromatic hydroxyl groups is 2. The standard InChI is InChI=1S/C21H17NO5/c1-25-17-8-11-10-4-2-3-5-13(10)26-16(11)9-12(17)22-20(23)18-14-6-7-15(27-14)19(18)21(22)24/h2-5,8-9,14-15,23-24H,6-7H2,1H3/t14-,15+. The number of para-hydroxylation sites is 1. The van der Waals surface area contributed by atoms with Crippen LogP contribution in [0.4, 0.5) is 0 Å². The van der Waals surface area contributed by atoms with E-state index in [-0.39, 0.29) is 24.0 Å². The monoisotopic (exact) mass is 363 g/mol. The van der Waals surface area contributed by atoms with Crippen LogP contribution >= 0.6 is 0 Å². The molecule has 6 nitrogen and oxygen atoms in total. The summed E-state index contributed by atoms with van der Waals surface area (Å²) in [5.41, 5.74) is 3.36. The zero-order valence-corrected chi connectivity index (χ0v) is 14.6. The minimum absolute atomic E-state index is 0.00320. The van der Waals surface area contributed by atoms with Crippen LogP contribution in [0.3, 0.4) is 0 Å². The molecule has 4 heterocycles. The highest BCUT2D eigenvalue weighted by atomic mass is 16.5. The van der Waals surface area contributed by atoms with E-state index in [4.69, 9.17) is 13.9 Å². The third-order valence-corrected chi connectivity index (χ3v) is 5.78. The lowest BCUT2D eigenvalue weighted by Crippen LogP contribution is -1.99. The topological polar surface area (TPSA) is 77.0 Å². The van der Waals surface area contributed by atoms with Crippen molar-refractivity contribution in [1.82, 2.24) is 4.57 Å². The second-order valence-corrected chi connectivity index (χ2v) is 7.12. The molecule has 0 unspecified atom stereocenters. The predicted octanol–water partition coefficient (Wildman–Crippen LogP) is 4.70. The Bertz CT molecular complexity index is 1200. The molecule has 2 aliphatic rings. The molecule has 2 aromatic carbocycles. The predicted molar refractivity (Wildman–Crippen MR) is 98.7 cm³/mol. The largest absolute Gasteiger partial charge is 0.495 e. The Morgan fingerprint density at radius 3 is 2.37 bits per heavy atom. The van der Waals surface area contributed by atoms with Gasteiger partial charge >= 0.3 is 0 Å². The second-order valence-electron chi connectivity index (χ2n) is 7.12. The SMILES string of the molecule is COc1cc2c(cc1-n1c(O)c3c(c1O)[C@H]1CC[C@@H]3O1)oc1ccccc12. The average Bonchev–Trinajstić information content (AvgIpc) is 3.42. The quantitative estimate of drug-likeness (QED) is 0.540. The summed E-state index contributed by atoms with van der Waals surface area (Å²) in [5.74, 6) is 0.550. The average molecular weight is 363 g/mol. The molecule has 27 heavy (non-hydrogen) atoms. The van der Waals surface area contributed by atoms with Crippen LogP contribution < -0.4 is 4.74 Å². The Morgan fingerprint density at radius 1 is 0.963 bits per heavy atom. The lowest BCUT2D eigenvalue weighted by molar-refractivity contribution is 0.0682. The molecule has 2 atom stereocenters. The van der Waals surface area contributed by atoms with E-state index < -0.39 is 0 Å². The Labute approximate surface area is 154 Å². The number of hydrogen-bond acceptors (Lipinski definition) is 5. The molecule has 0 amide bonds. The molecule has 6 rings (SSSR count).